The van der Waals surface area contributed by atoms with Gasteiger partial charge in [-0.2, -0.15) is 5.26 Å². The van der Waals surface area contributed by atoms with Crippen LogP contribution < -0.4 is 0 Å². The topological polar surface area (TPSA) is 42.2 Å². The van der Waals surface area contributed by atoms with E-state index in [-0.39, 0.29) is 0 Å². The Morgan fingerprint density at radius 3 is 2.65 bits per heavy atom. The van der Waals surface area contributed by atoms with Crippen molar-refractivity contribution in [3.8, 4) is 6.07 Å². The van der Waals surface area contributed by atoms with Crippen molar-refractivity contribution in [2.24, 2.45) is 5.92 Å². The van der Waals surface area contributed by atoms with E-state index in [4.69, 9.17) is 14.7 Å². The van der Waals surface area contributed by atoms with Gasteiger partial charge in [-0.15, -0.1) is 0 Å². The number of hydrogen-bond donors (Lipinski definition) is 0. The lowest BCUT2D eigenvalue weighted by atomic mass is 9.97. The highest BCUT2D eigenvalue weighted by atomic mass is 16.7. The number of rotatable bonds is 4. The first-order valence-electron chi connectivity index (χ1n) is 7.50. The van der Waals surface area contributed by atoms with Gasteiger partial charge in [0.25, 0.3) is 0 Å². The molecule has 3 aliphatic rings. The normalized spacial score (nSPS) is 22.4. The Hall–Kier alpha value is -1.37. The van der Waals surface area contributed by atoms with Gasteiger partial charge in [0, 0.05) is 5.92 Å². The lowest BCUT2D eigenvalue weighted by Gasteiger charge is -2.28. The molecule has 2 unspecified atom stereocenters. The van der Waals surface area contributed by atoms with E-state index in [0.29, 0.717) is 18.8 Å². The third-order valence-corrected chi connectivity index (χ3v) is 4.04. The number of nitrogens with zero attached hydrogens (tertiary/aromatic N) is 1. The molecule has 2 aliphatic carbocycles. The zero-order chi connectivity index (χ0) is 14.4. The molecule has 0 aromatic carbocycles. The standard InChI is InChI=1S/C10H20O2.C7H3N/c1-3-4-5-6-10-7-11-8-12-9(10)2;8-4-6-3-5-1-2-7(5)6/h9-10H,3-8H2,1-2H3;1-3H. The van der Waals surface area contributed by atoms with Crippen molar-refractivity contribution in [2.75, 3.05) is 13.4 Å². The predicted octanol–water partition coefficient (Wildman–Crippen LogP) is 3.73. The summed E-state index contributed by atoms with van der Waals surface area (Å²) in [6.07, 6.45) is 5.61. The summed E-state index contributed by atoms with van der Waals surface area (Å²) in [6, 6.07) is 7.96. The smallest absolute Gasteiger partial charge is 0.147 e. The van der Waals surface area contributed by atoms with Crippen molar-refractivity contribution in [2.45, 2.75) is 45.6 Å². The zero-order valence-corrected chi connectivity index (χ0v) is 12.4. The van der Waals surface area contributed by atoms with Gasteiger partial charge in [0.15, 0.2) is 0 Å². The van der Waals surface area contributed by atoms with E-state index >= 15 is 0 Å². The fraction of sp³-hybridized carbons (Fsp3) is 0.588. The van der Waals surface area contributed by atoms with Crippen molar-refractivity contribution >= 4 is 0 Å². The summed E-state index contributed by atoms with van der Waals surface area (Å²) in [7, 11) is 0. The van der Waals surface area contributed by atoms with Crippen LogP contribution in [0.5, 0.6) is 0 Å². The highest BCUT2D eigenvalue weighted by Gasteiger charge is 2.21. The number of unbranched alkanes of at least 4 members (excludes halogenated alkanes) is 2. The summed E-state index contributed by atoms with van der Waals surface area (Å²) < 4.78 is 10.7. The minimum absolute atomic E-state index is 0.399. The Bertz CT molecular complexity index is 561. The van der Waals surface area contributed by atoms with Gasteiger partial charge >= 0.3 is 0 Å². The Balaban J connectivity index is 0.000000157. The molecule has 0 radical (unpaired) electrons. The van der Waals surface area contributed by atoms with Crippen LogP contribution in [0.1, 0.15) is 45.1 Å². The highest BCUT2D eigenvalue weighted by Crippen LogP contribution is 2.20. The lowest BCUT2D eigenvalue weighted by molar-refractivity contribution is -0.165. The van der Waals surface area contributed by atoms with Gasteiger partial charge in [0.1, 0.15) is 6.79 Å². The maximum absolute atomic E-state index is 8.32. The molecule has 0 aromatic heterocycles. The molecule has 1 heterocycles. The fourth-order valence-electron chi connectivity index (χ4n) is 2.48. The van der Waals surface area contributed by atoms with Crippen LogP contribution in [-0.2, 0) is 9.47 Å². The summed E-state index contributed by atoms with van der Waals surface area (Å²) in [5.41, 5.74) is 0.836. The Morgan fingerprint density at radius 1 is 1.35 bits per heavy atom. The van der Waals surface area contributed by atoms with E-state index in [2.05, 4.69) is 19.9 Å². The third kappa shape index (κ3) is 3.59. The Labute approximate surface area is 120 Å². The number of ether oxygens (including phenoxy) is 2. The van der Waals surface area contributed by atoms with Crippen molar-refractivity contribution in [3.63, 3.8) is 0 Å². The number of hydrogen-bond acceptors (Lipinski definition) is 3. The summed E-state index contributed by atoms with van der Waals surface area (Å²) in [5.74, 6) is 0.630. The predicted molar refractivity (Wildman–Crippen MR) is 77.8 cm³/mol. The summed E-state index contributed by atoms with van der Waals surface area (Å²) in [6.45, 7) is 5.77. The van der Waals surface area contributed by atoms with E-state index in [1.165, 1.54) is 30.9 Å². The molecular weight excluding hydrogens is 250 g/mol. The summed E-state index contributed by atoms with van der Waals surface area (Å²) in [5, 5.41) is 10.7. The minimum atomic E-state index is 0.399. The van der Waals surface area contributed by atoms with Gasteiger partial charge in [0.05, 0.1) is 24.3 Å². The van der Waals surface area contributed by atoms with Crippen LogP contribution in [0.3, 0.4) is 0 Å². The lowest BCUT2D eigenvalue weighted by Crippen LogP contribution is -2.31. The van der Waals surface area contributed by atoms with Crippen LogP contribution in [0.4, 0.5) is 0 Å². The first-order chi connectivity index (χ1) is 9.76. The molecule has 1 saturated heterocycles. The van der Waals surface area contributed by atoms with E-state index in [1.54, 1.807) is 0 Å². The van der Waals surface area contributed by atoms with Gasteiger partial charge in [-0.05, 0) is 29.8 Å². The monoisotopic (exact) mass is 273 g/mol. The number of nitriles is 1. The highest BCUT2D eigenvalue weighted by molar-refractivity contribution is 5.41. The maximum Gasteiger partial charge on any atom is 0.147 e. The maximum atomic E-state index is 8.32. The molecule has 0 amide bonds. The molecule has 20 heavy (non-hydrogen) atoms. The molecule has 0 saturated carbocycles. The average molecular weight is 273 g/mol. The molecule has 3 rings (SSSR count). The van der Waals surface area contributed by atoms with Crippen molar-refractivity contribution in [1.82, 2.24) is 0 Å². The van der Waals surface area contributed by atoms with Crippen LogP contribution in [0.15, 0.2) is 18.2 Å². The molecule has 0 N–H and O–H groups in total. The van der Waals surface area contributed by atoms with E-state index in [0.717, 1.165) is 17.4 Å². The average Bonchev–Trinajstić information content (AvgIpc) is 2.45. The molecule has 3 heteroatoms. The van der Waals surface area contributed by atoms with Crippen LogP contribution in [0.25, 0.3) is 0 Å². The van der Waals surface area contributed by atoms with Crippen LogP contribution in [0, 0.1) is 27.7 Å². The molecule has 1 fully saturated rings. The van der Waals surface area contributed by atoms with Crippen LogP contribution >= 0.6 is 0 Å². The molecule has 108 valence electrons. The molecule has 0 bridgehead atoms. The molecule has 1 aliphatic heterocycles. The first-order valence-corrected chi connectivity index (χ1v) is 7.50. The van der Waals surface area contributed by atoms with Gasteiger partial charge in [-0.1, -0.05) is 38.3 Å². The van der Waals surface area contributed by atoms with E-state index < -0.39 is 0 Å². The molecule has 0 spiro atoms. The second-order valence-corrected chi connectivity index (χ2v) is 5.49. The molecule has 0 aromatic rings. The quantitative estimate of drug-likeness (QED) is 0.797. The molecule has 3 nitrogen and oxygen atoms in total. The second-order valence-electron chi connectivity index (χ2n) is 5.49. The molecule has 2 atom stereocenters. The van der Waals surface area contributed by atoms with E-state index in [1.807, 2.05) is 18.2 Å². The largest absolute Gasteiger partial charge is 0.355 e. The summed E-state index contributed by atoms with van der Waals surface area (Å²) in [4.78, 5) is 0. The fourth-order valence-corrected chi connectivity index (χ4v) is 2.48. The van der Waals surface area contributed by atoms with E-state index in [9.17, 15) is 0 Å². The zero-order valence-electron chi connectivity index (χ0n) is 12.4. The Kier molecular flexibility index (Phi) is 5.58. The van der Waals surface area contributed by atoms with Crippen LogP contribution in [0.2, 0.25) is 0 Å². The molecular formula is C17H23NO2. The summed E-state index contributed by atoms with van der Waals surface area (Å²) >= 11 is 0. The second kappa shape index (κ2) is 7.42. The van der Waals surface area contributed by atoms with Crippen molar-refractivity contribution in [3.05, 3.63) is 34.2 Å². The van der Waals surface area contributed by atoms with Gasteiger partial charge < -0.3 is 9.47 Å². The van der Waals surface area contributed by atoms with Gasteiger partial charge in [0.2, 0.25) is 0 Å². The number of benzene rings is 1. The first kappa shape index (κ1) is 15.0. The SMILES string of the molecule is CCCCCC1COCOC1C.N#Cc1cc2ccc1=2. The van der Waals surface area contributed by atoms with Crippen molar-refractivity contribution in [1.29, 1.82) is 5.26 Å². The minimum Gasteiger partial charge on any atom is -0.355 e. The van der Waals surface area contributed by atoms with Gasteiger partial charge in [-0.3, -0.25) is 0 Å². The van der Waals surface area contributed by atoms with Gasteiger partial charge in [-0.25, -0.2) is 0 Å². The Morgan fingerprint density at radius 2 is 2.20 bits per heavy atom. The van der Waals surface area contributed by atoms with Crippen LogP contribution in [-0.4, -0.2) is 19.5 Å². The third-order valence-electron chi connectivity index (χ3n) is 4.04. The van der Waals surface area contributed by atoms with Crippen molar-refractivity contribution < 1.29 is 9.47 Å².